The van der Waals surface area contributed by atoms with Crippen LogP contribution in [0.3, 0.4) is 0 Å². The van der Waals surface area contributed by atoms with Crippen molar-refractivity contribution >= 4 is 5.69 Å². The van der Waals surface area contributed by atoms with Gasteiger partial charge < -0.3 is 15.4 Å². The van der Waals surface area contributed by atoms with Gasteiger partial charge in [0.15, 0.2) is 0 Å². The quantitative estimate of drug-likeness (QED) is 0.424. The van der Waals surface area contributed by atoms with Crippen LogP contribution < -0.4 is 15.4 Å². The average molecular weight is 418 g/mol. The third-order valence-electron chi connectivity index (χ3n) is 5.86. The van der Waals surface area contributed by atoms with E-state index in [1.165, 1.54) is 17.7 Å². The van der Waals surface area contributed by atoms with Crippen LogP contribution in [0.25, 0.3) is 11.1 Å². The Morgan fingerprint density at radius 3 is 2.52 bits per heavy atom. The second-order valence-electron chi connectivity index (χ2n) is 7.80. The Hall–Kier alpha value is -3.22. The zero-order valence-corrected chi connectivity index (χ0v) is 17.6. The number of hydrogen-bond acceptors (Lipinski definition) is 5. The summed E-state index contributed by atoms with van der Waals surface area (Å²) in [5, 5.41) is 18.3. The van der Waals surface area contributed by atoms with Gasteiger partial charge in [-0.3, -0.25) is 10.1 Å². The highest BCUT2D eigenvalue weighted by Gasteiger charge is 2.25. The fourth-order valence-electron chi connectivity index (χ4n) is 4.23. The van der Waals surface area contributed by atoms with E-state index >= 15 is 0 Å². The van der Waals surface area contributed by atoms with Crippen LogP contribution in [-0.2, 0) is 6.54 Å². The molecule has 0 bridgehead atoms. The van der Waals surface area contributed by atoms with Crippen LogP contribution in [0.15, 0.2) is 72.8 Å². The maximum absolute atomic E-state index is 10.9. The van der Waals surface area contributed by atoms with Gasteiger partial charge >= 0.3 is 0 Å². The Balaban J connectivity index is 1.53. The first kappa shape index (κ1) is 21.0. The molecule has 0 spiro atoms. The SMILES string of the molecule is COc1ccc(-c2ccc([N+](=O)[O-])cc2)cc1CNC1CCCNC1c1ccccc1. The Bertz CT molecular complexity index is 1020. The lowest BCUT2D eigenvalue weighted by Gasteiger charge is -2.34. The Morgan fingerprint density at radius 1 is 1.06 bits per heavy atom. The molecule has 3 aromatic carbocycles. The molecule has 0 saturated carbocycles. The number of ether oxygens (including phenoxy) is 1. The van der Waals surface area contributed by atoms with Gasteiger partial charge in [-0.2, -0.15) is 0 Å². The number of nitro groups is 1. The minimum absolute atomic E-state index is 0.0934. The number of benzene rings is 3. The number of piperidine rings is 1. The van der Waals surface area contributed by atoms with Gasteiger partial charge in [0.1, 0.15) is 5.75 Å². The highest BCUT2D eigenvalue weighted by molar-refractivity contribution is 5.67. The van der Waals surface area contributed by atoms with Crippen molar-refractivity contribution in [3.05, 3.63) is 94.0 Å². The van der Waals surface area contributed by atoms with Gasteiger partial charge in [-0.1, -0.05) is 36.4 Å². The molecule has 3 aromatic rings. The molecule has 0 amide bonds. The van der Waals surface area contributed by atoms with Crippen LogP contribution in [0.4, 0.5) is 5.69 Å². The van der Waals surface area contributed by atoms with Crippen LogP contribution >= 0.6 is 0 Å². The molecule has 6 nitrogen and oxygen atoms in total. The van der Waals surface area contributed by atoms with E-state index < -0.39 is 0 Å². The van der Waals surface area contributed by atoms with Crippen molar-refractivity contribution < 1.29 is 9.66 Å². The first-order chi connectivity index (χ1) is 15.2. The molecule has 2 unspecified atom stereocenters. The van der Waals surface area contributed by atoms with Crippen molar-refractivity contribution in [2.75, 3.05) is 13.7 Å². The van der Waals surface area contributed by atoms with Crippen molar-refractivity contribution in [2.24, 2.45) is 0 Å². The van der Waals surface area contributed by atoms with E-state index in [1.807, 2.05) is 18.2 Å². The largest absolute Gasteiger partial charge is 0.496 e. The highest BCUT2D eigenvalue weighted by Crippen LogP contribution is 2.29. The summed E-state index contributed by atoms with van der Waals surface area (Å²) in [5.74, 6) is 0.832. The van der Waals surface area contributed by atoms with E-state index in [0.29, 0.717) is 12.6 Å². The van der Waals surface area contributed by atoms with Gasteiger partial charge in [0.2, 0.25) is 0 Å². The number of non-ortho nitro benzene ring substituents is 1. The third kappa shape index (κ3) is 4.93. The Kier molecular flexibility index (Phi) is 6.60. The molecular formula is C25H27N3O3. The molecule has 0 aromatic heterocycles. The second-order valence-corrected chi connectivity index (χ2v) is 7.80. The molecule has 1 heterocycles. The van der Waals surface area contributed by atoms with Gasteiger partial charge in [0.25, 0.3) is 5.69 Å². The van der Waals surface area contributed by atoms with Gasteiger partial charge in [-0.05, 0) is 60.3 Å². The molecule has 4 rings (SSSR count). The lowest BCUT2D eigenvalue weighted by atomic mass is 9.92. The van der Waals surface area contributed by atoms with E-state index in [-0.39, 0.29) is 16.7 Å². The van der Waals surface area contributed by atoms with E-state index in [2.05, 4.69) is 41.0 Å². The molecule has 31 heavy (non-hydrogen) atoms. The maximum atomic E-state index is 10.9. The number of hydrogen-bond donors (Lipinski definition) is 2. The maximum Gasteiger partial charge on any atom is 0.269 e. The summed E-state index contributed by atoms with van der Waals surface area (Å²) in [4.78, 5) is 10.5. The Labute approximate surface area is 182 Å². The van der Waals surface area contributed by atoms with E-state index in [4.69, 9.17) is 4.74 Å². The van der Waals surface area contributed by atoms with Crippen LogP contribution in [0.2, 0.25) is 0 Å². The monoisotopic (exact) mass is 417 g/mol. The minimum Gasteiger partial charge on any atom is -0.496 e. The summed E-state index contributed by atoms with van der Waals surface area (Å²) in [5.41, 5.74) is 4.41. The lowest BCUT2D eigenvalue weighted by molar-refractivity contribution is -0.384. The van der Waals surface area contributed by atoms with Gasteiger partial charge in [-0.15, -0.1) is 0 Å². The summed E-state index contributed by atoms with van der Waals surface area (Å²) < 4.78 is 5.59. The van der Waals surface area contributed by atoms with Crippen molar-refractivity contribution in [1.29, 1.82) is 0 Å². The predicted octanol–water partition coefficient (Wildman–Crippen LogP) is 4.85. The molecule has 1 aliphatic heterocycles. The molecule has 6 heteroatoms. The smallest absolute Gasteiger partial charge is 0.269 e. The topological polar surface area (TPSA) is 76.4 Å². The predicted molar refractivity (Wildman–Crippen MR) is 122 cm³/mol. The molecule has 0 radical (unpaired) electrons. The number of methoxy groups -OCH3 is 1. The highest BCUT2D eigenvalue weighted by atomic mass is 16.6. The normalized spacial score (nSPS) is 18.5. The van der Waals surface area contributed by atoms with Crippen LogP contribution in [0.1, 0.15) is 30.0 Å². The molecule has 2 N–H and O–H groups in total. The fraction of sp³-hybridized carbons (Fsp3) is 0.280. The molecule has 0 aliphatic carbocycles. The zero-order valence-electron chi connectivity index (χ0n) is 17.6. The number of nitrogens with one attached hydrogen (secondary N) is 2. The van der Waals surface area contributed by atoms with Crippen LogP contribution in [-0.4, -0.2) is 24.6 Å². The summed E-state index contributed by atoms with van der Waals surface area (Å²) in [6, 6.07) is 23.8. The summed E-state index contributed by atoms with van der Waals surface area (Å²) in [7, 11) is 1.68. The van der Waals surface area contributed by atoms with Crippen molar-refractivity contribution in [3.63, 3.8) is 0 Å². The van der Waals surface area contributed by atoms with Crippen LogP contribution in [0, 0.1) is 10.1 Å². The van der Waals surface area contributed by atoms with Crippen molar-refractivity contribution in [1.82, 2.24) is 10.6 Å². The Morgan fingerprint density at radius 2 is 1.81 bits per heavy atom. The third-order valence-corrected chi connectivity index (χ3v) is 5.86. The van der Waals surface area contributed by atoms with E-state index in [1.54, 1.807) is 19.2 Å². The van der Waals surface area contributed by atoms with Gasteiger partial charge in [0.05, 0.1) is 12.0 Å². The number of nitrogens with zero attached hydrogens (tertiary/aromatic N) is 1. The summed E-state index contributed by atoms with van der Waals surface area (Å²) >= 11 is 0. The average Bonchev–Trinajstić information content (AvgIpc) is 2.83. The second kappa shape index (κ2) is 9.73. The summed E-state index contributed by atoms with van der Waals surface area (Å²) in [6.07, 6.45) is 2.25. The van der Waals surface area contributed by atoms with Gasteiger partial charge in [0, 0.05) is 36.3 Å². The van der Waals surface area contributed by atoms with E-state index in [9.17, 15) is 10.1 Å². The first-order valence-corrected chi connectivity index (χ1v) is 10.6. The first-order valence-electron chi connectivity index (χ1n) is 10.6. The number of nitro benzene ring substituents is 1. The molecule has 1 fully saturated rings. The minimum atomic E-state index is -0.380. The van der Waals surface area contributed by atoms with Crippen molar-refractivity contribution in [3.8, 4) is 16.9 Å². The van der Waals surface area contributed by atoms with Gasteiger partial charge in [-0.25, -0.2) is 0 Å². The molecular weight excluding hydrogens is 390 g/mol. The standard InChI is InChI=1S/C25H27N3O3/c1-31-24-14-11-20(18-9-12-22(13-10-18)28(29)30)16-21(24)17-27-23-8-5-15-26-25(23)19-6-3-2-4-7-19/h2-4,6-7,9-14,16,23,25-27H,5,8,15,17H2,1H3. The molecule has 1 aliphatic rings. The van der Waals surface area contributed by atoms with Crippen LogP contribution in [0.5, 0.6) is 5.75 Å². The van der Waals surface area contributed by atoms with E-state index in [0.717, 1.165) is 41.8 Å². The summed E-state index contributed by atoms with van der Waals surface area (Å²) in [6.45, 7) is 1.70. The zero-order chi connectivity index (χ0) is 21.6. The molecule has 2 atom stereocenters. The molecule has 160 valence electrons. The fourth-order valence-corrected chi connectivity index (χ4v) is 4.23. The number of rotatable bonds is 7. The van der Waals surface area contributed by atoms with Crippen molar-refractivity contribution in [2.45, 2.75) is 31.5 Å². The molecule has 1 saturated heterocycles. The lowest BCUT2D eigenvalue weighted by Crippen LogP contribution is -2.45.